The van der Waals surface area contributed by atoms with Crippen LogP contribution in [0.5, 0.6) is 0 Å². The summed E-state index contributed by atoms with van der Waals surface area (Å²) in [5.41, 5.74) is 1.44. The van der Waals surface area contributed by atoms with Crippen LogP contribution in [-0.4, -0.2) is 84.0 Å². The molecule has 270 valence electrons. The zero-order chi connectivity index (χ0) is 36.2. The van der Waals surface area contributed by atoms with Gasteiger partial charge >= 0.3 is 17.9 Å². The fourth-order valence-electron chi connectivity index (χ4n) is 6.05. The molecule has 0 saturated carbocycles. The molecule has 3 aromatic carbocycles. The molecule has 2 fully saturated rings. The van der Waals surface area contributed by atoms with E-state index in [9.17, 15) is 19.5 Å². The molecule has 0 radical (unpaired) electrons. The van der Waals surface area contributed by atoms with Crippen molar-refractivity contribution in [3.8, 4) is 0 Å². The molecule has 2 aliphatic heterocycles. The number of hydrogen-bond acceptors (Lipinski definition) is 11. The maximum Gasteiger partial charge on any atom is 0.338 e. The van der Waals surface area contributed by atoms with Gasteiger partial charge < -0.3 is 28.8 Å². The van der Waals surface area contributed by atoms with Crippen LogP contribution >= 0.6 is 23.5 Å². The molecule has 0 aliphatic carbocycles. The quantitative estimate of drug-likeness (QED) is 0.172. The third-order valence-electron chi connectivity index (χ3n) is 9.44. The van der Waals surface area contributed by atoms with Gasteiger partial charge in [0.25, 0.3) is 0 Å². The third-order valence-corrected chi connectivity index (χ3v) is 11.5. The lowest BCUT2D eigenvalue weighted by molar-refractivity contribution is -0.155. The Bertz CT molecular complexity index is 1490. The van der Waals surface area contributed by atoms with Gasteiger partial charge in [0, 0.05) is 11.8 Å². The van der Waals surface area contributed by atoms with Crippen molar-refractivity contribution < 1.29 is 43.2 Å². The lowest BCUT2D eigenvalue weighted by atomic mass is 9.85. The van der Waals surface area contributed by atoms with Crippen LogP contribution in [-0.2, 0) is 23.7 Å². The Morgan fingerprint density at radius 1 is 0.580 bits per heavy atom. The summed E-state index contributed by atoms with van der Waals surface area (Å²) in [4.78, 5) is 37.2. The summed E-state index contributed by atoms with van der Waals surface area (Å²) in [6.07, 6.45) is 2.03. The number of ether oxygens (including phenoxy) is 5. The SMILES string of the molecule is CSC1O[C@H](CO)C(OC(=O)c2ccccc2)[C@@H](C)[C@H]1C.CSC1O[C@H](COC(=O)c2ccccc2)C(OC(=O)c2ccccc2)[C@@H](C)[C@H]1C. The Morgan fingerprint density at radius 2 is 0.940 bits per heavy atom. The number of carbonyl (C=O) groups excluding carboxylic acids is 3. The van der Waals surface area contributed by atoms with Gasteiger partial charge in [-0.25, -0.2) is 14.4 Å². The second-order valence-corrected chi connectivity index (χ2v) is 14.5. The highest BCUT2D eigenvalue weighted by Gasteiger charge is 2.45. The van der Waals surface area contributed by atoms with Crippen molar-refractivity contribution >= 4 is 41.4 Å². The van der Waals surface area contributed by atoms with Crippen molar-refractivity contribution in [2.45, 2.75) is 63.0 Å². The highest BCUT2D eigenvalue weighted by atomic mass is 32.2. The minimum atomic E-state index is -0.529. The zero-order valence-corrected chi connectivity index (χ0v) is 31.0. The molecule has 2 heterocycles. The van der Waals surface area contributed by atoms with Crippen molar-refractivity contribution in [1.29, 1.82) is 0 Å². The Morgan fingerprint density at radius 3 is 1.32 bits per heavy atom. The van der Waals surface area contributed by atoms with Gasteiger partial charge in [-0.1, -0.05) is 82.3 Å². The summed E-state index contributed by atoms with van der Waals surface area (Å²) in [6.45, 7) is 8.13. The molecular formula is C39H48O9S2. The van der Waals surface area contributed by atoms with Crippen LogP contribution in [0.15, 0.2) is 91.0 Å². The molecule has 2 saturated heterocycles. The van der Waals surface area contributed by atoms with E-state index in [-0.39, 0.29) is 53.7 Å². The summed E-state index contributed by atoms with van der Waals surface area (Å²) in [7, 11) is 0. The summed E-state index contributed by atoms with van der Waals surface area (Å²) in [6, 6.07) is 26.6. The van der Waals surface area contributed by atoms with E-state index in [4.69, 9.17) is 23.7 Å². The lowest BCUT2D eigenvalue weighted by Gasteiger charge is -2.43. The van der Waals surface area contributed by atoms with Crippen molar-refractivity contribution in [2.24, 2.45) is 23.7 Å². The van der Waals surface area contributed by atoms with E-state index in [1.807, 2.05) is 44.6 Å². The third kappa shape index (κ3) is 10.1. The van der Waals surface area contributed by atoms with Crippen LogP contribution in [0.2, 0.25) is 0 Å². The van der Waals surface area contributed by atoms with E-state index in [0.29, 0.717) is 16.7 Å². The fourth-order valence-corrected chi connectivity index (χ4v) is 7.92. The van der Waals surface area contributed by atoms with Gasteiger partial charge in [0.05, 0.1) is 23.3 Å². The molecule has 9 nitrogen and oxygen atoms in total. The van der Waals surface area contributed by atoms with Crippen LogP contribution in [0.4, 0.5) is 0 Å². The number of thioether (sulfide) groups is 2. The number of benzene rings is 3. The van der Waals surface area contributed by atoms with Crippen LogP contribution in [0.1, 0.15) is 58.8 Å². The first-order chi connectivity index (χ1) is 24.1. The molecule has 5 rings (SSSR count). The number of rotatable bonds is 10. The second kappa shape index (κ2) is 19.3. The average Bonchev–Trinajstić information content (AvgIpc) is 3.16. The normalized spacial score (nSPS) is 29.1. The molecule has 0 bridgehead atoms. The second-order valence-electron chi connectivity index (χ2n) is 12.6. The van der Waals surface area contributed by atoms with E-state index >= 15 is 0 Å². The smallest absolute Gasteiger partial charge is 0.338 e. The first kappa shape index (κ1) is 39.4. The average molecular weight is 725 g/mol. The number of aliphatic hydroxyl groups is 1. The van der Waals surface area contributed by atoms with Crippen LogP contribution in [0.3, 0.4) is 0 Å². The predicted octanol–water partition coefficient (Wildman–Crippen LogP) is 6.99. The first-order valence-electron chi connectivity index (χ1n) is 16.8. The van der Waals surface area contributed by atoms with Gasteiger partial charge in [-0.05, 0) is 60.7 Å². The zero-order valence-electron chi connectivity index (χ0n) is 29.4. The highest BCUT2D eigenvalue weighted by Crippen LogP contribution is 2.38. The molecule has 3 aromatic rings. The Kier molecular flexibility index (Phi) is 15.2. The van der Waals surface area contributed by atoms with Crippen molar-refractivity contribution in [1.82, 2.24) is 0 Å². The van der Waals surface area contributed by atoms with Gasteiger partial charge in [-0.3, -0.25) is 0 Å². The number of carbonyl (C=O) groups is 3. The molecule has 2 aliphatic rings. The molecule has 10 atom stereocenters. The van der Waals surface area contributed by atoms with Gasteiger partial charge in [0.15, 0.2) is 0 Å². The lowest BCUT2D eigenvalue weighted by Crippen LogP contribution is -2.52. The minimum Gasteiger partial charge on any atom is -0.459 e. The maximum absolute atomic E-state index is 12.6. The maximum atomic E-state index is 12.6. The fraction of sp³-hybridized carbons (Fsp3) is 0.462. The summed E-state index contributed by atoms with van der Waals surface area (Å²) in [5, 5.41) is 9.54. The Balaban J connectivity index is 0.000000237. The molecule has 4 unspecified atom stereocenters. The summed E-state index contributed by atoms with van der Waals surface area (Å²) < 4.78 is 29.0. The standard InChI is InChI=1S/C23H26O5S.C16H22O4S/c1-15-16(2)23(29-3)27-19(14-26-21(24)17-10-6-4-7-11-17)20(15)28-22(25)18-12-8-5-9-13-18;1-10-11(2)16(21-3)19-13(9-17)14(10)20-15(18)12-7-5-4-6-8-12/h4-13,15-16,19-20,23H,14H2,1-3H3;4-8,10-11,13-14,16-17H,9H2,1-3H3/t15-,16+,19+,20?,23?;10-,11+,13+,14?,16?/m00/s1. The predicted molar refractivity (Wildman–Crippen MR) is 196 cm³/mol. The molecule has 0 aromatic heterocycles. The van der Waals surface area contributed by atoms with Crippen LogP contribution < -0.4 is 0 Å². The van der Waals surface area contributed by atoms with E-state index < -0.39 is 36.4 Å². The van der Waals surface area contributed by atoms with Crippen LogP contribution in [0, 0.1) is 23.7 Å². The molecule has 50 heavy (non-hydrogen) atoms. The van der Waals surface area contributed by atoms with Gasteiger partial charge in [-0.2, -0.15) is 0 Å². The van der Waals surface area contributed by atoms with Crippen molar-refractivity contribution in [3.05, 3.63) is 108 Å². The van der Waals surface area contributed by atoms with Gasteiger partial charge in [0.1, 0.15) is 41.9 Å². The summed E-state index contributed by atoms with van der Waals surface area (Å²) >= 11 is 3.23. The van der Waals surface area contributed by atoms with E-state index in [2.05, 4.69) is 13.8 Å². The van der Waals surface area contributed by atoms with Gasteiger partial charge in [-0.15, -0.1) is 23.5 Å². The number of hydrogen-bond donors (Lipinski definition) is 1. The van der Waals surface area contributed by atoms with Crippen molar-refractivity contribution in [3.63, 3.8) is 0 Å². The molecular weight excluding hydrogens is 677 g/mol. The Labute approximate surface area is 303 Å². The topological polar surface area (TPSA) is 118 Å². The van der Waals surface area contributed by atoms with Crippen molar-refractivity contribution in [2.75, 3.05) is 25.7 Å². The highest BCUT2D eigenvalue weighted by molar-refractivity contribution is 7.99. The van der Waals surface area contributed by atoms with E-state index in [1.54, 1.807) is 96.3 Å². The van der Waals surface area contributed by atoms with E-state index in [0.717, 1.165) is 0 Å². The molecule has 11 heteroatoms. The first-order valence-corrected chi connectivity index (χ1v) is 19.4. The number of esters is 3. The van der Waals surface area contributed by atoms with E-state index in [1.165, 1.54) is 0 Å². The van der Waals surface area contributed by atoms with Crippen LogP contribution in [0.25, 0.3) is 0 Å². The molecule has 0 amide bonds. The Hall–Kier alpha value is -3.35. The summed E-state index contributed by atoms with van der Waals surface area (Å²) in [5.74, 6) is -0.592. The number of aliphatic hydroxyl groups excluding tert-OH is 1. The molecule has 1 N–H and O–H groups in total. The molecule has 0 spiro atoms. The van der Waals surface area contributed by atoms with Gasteiger partial charge in [0.2, 0.25) is 0 Å². The minimum absolute atomic E-state index is 0.0174. The monoisotopic (exact) mass is 724 g/mol. The largest absolute Gasteiger partial charge is 0.459 e.